The highest BCUT2D eigenvalue weighted by atomic mass is 32.1. The summed E-state index contributed by atoms with van der Waals surface area (Å²) in [5, 5.41) is 3.58. The van der Waals surface area contributed by atoms with E-state index in [0.29, 0.717) is 6.10 Å². The maximum atomic E-state index is 5.72. The van der Waals surface area contributed by atoms with Gasteiger partial charge >= 0.3 is 0 Å². The molecule has 1 aromatic heterocycles. The van der Waals surface area contributed by atoms with Crippen LogP contribution < -0.4 is 5.32 Å². The third-order valence-corrected chi connectivity index (χ3v) is 4.99. The molecule has 0 radical (unpaired) electrons. The number of ether oxygens (including phenoxy) is 1. The summed E-state index contributed by atoms with van der Waals surface area (Å²) in [6, 6.07) is 5.38. The molecule has 0 spiro atoms. The molecule has 1 unspecified atom stereocenters. The topological polar surface area (TPSA) is 24.5 Å². The predicted molar refractivity (Wildman–Crippen MR) is 79.5 cm³/mol. The summed E-state index contributed by atoms with van der Waals surface area (Å²) in [4.78, 5) is 5.49. The molecule has 3 nitrogen and oxygen atoms in total. The Morgan fingerprint density at radius 3 is 3.00 bits per heavy atom. The highest BCUT2D eigenvalue weighted by Crippen LogP contribution is 2.23. The fourth-order valence-electron chi connectivity index (χ4n) is 2.53. The summed E-state index contributed by atoms with van der Waals surface area (Å²) >= 11 is 1.96. The first-order valence-corrected chi connectivity index (χ1v) is 8.30. The van der Waals surface area contributed by atoms with Gasteiger partial charge in [-0.1, -0.05) is 6.92 Å². The molecule has 1 aliphatic carbocycles. The second-order valence-electron chi connectivity index (χ2n) is 5.66. The Balaban J connectivity index is 1.48. The van der Waals surface area contributed by atoms with Crippen LogP contribution >= 0.6 is 11.3 Å². The Hall–Kier alpha value is -0.420. The molecule has 1 saturated carbocycles. The highest BCUT2D eigenvalue weighted by molar-refractivity contribution is 7.11. The van der Waals surface area contributed by atoms with Gasteiger partial charge in [-0.2, -0.15) is 0 Å². The fraction of sp³-hybridized carbons (Fsp3) is 0.733. The normalized spacial score (nSPS) is 24.8. The minimum absolute atomic E-state index is 0.435. The van der Waals surface area contributed by atoms with Crippen LogP contribution in [-0.2, 0) is 17.8 Å². The molecule has 2 heterocycles. The lowest BCUT2D eigenvalue weighted by Gasteiger charge is -2.32. The molecule has 1 aliphatic heterocycles. The molecule has 2 aliphatic rings. The van der Waals surface area contributed by atoms with Crippen molar-refractivity contribution in [1.29, 1.82) is 0 Å². The zero-order valence-corrected chi connectivity index (χ0v) is 12.5. The fourth-order valence-corrected chi connectivity index (χ4v) is 3.54. The third-order valence-electron chi connectivity index (χ3n) is 3.92. The largest absolute Gasteiger partial charge is 0.376 e. The molecule has 1 saturated heterocycles. The Morgan fingerprint density at radius 2 is 2.21 bits per heavy atom. The number of hydrogen-bond donors (Lipinski definition) is 1. The van der Waals surface area contributed by atoms with Crippen molar-refractivity contribution in [3.05, 3.63) is 21.9 Å². The first-order chi connectivity index (χ1) is 9.33. The summed E-state index contributed by atoms with van der Waals surface area (Å²) in [5.74, 6) is 0. The van der Waals surface area contributed by atoms with Crippen molar-refractivity contribution in [1.82, 2.24) is 10.2 Å². The van der Waals surface area contributed by atoms with Gasteiger partial charge in [0.05, 0.1) is 12.7 Å². The molecule has 106 valence electrons. The molecule has 3 rings (SSSR count). The zero-order valence-electron chi connectivity index (χ0n) is 11.7. The Labute approximate surface area is 119 Å². The lowest BCUT2D eigenvalue weighted by molar-refractivity contribution is -0.0321. The van der Waals surface area contributed by atoms with Crippen LogP contribution in [0.15, 0.2) is 12.1 Å². The van der Waals surface area contributed by atoms with Crippen LogP contribution in [-0.4, -0.2) is 36.7 Å². The minimum atomic E-state index is 0.435. The van der Waals surface area contributed by atoms with Gasteiger partial charge in [-0.25, -0.2) is 0 Å². The van der Waals surface area contributed by atoms with Crippen molar-refractivity contribution in [2.75, 3.05) is 19.7 Å². The van der Waals surface area contributed by atoms with E-state index in [0.717, 1.165) is 45.2 Å². The highest BCUT2D eigenvalue weighted by Gasteiger charge is 2.21. The summed E-state index contributed by atoms with van der Waals surface area (Å²) in [6.07, 6.45) is 4.29. The quantitative estimate of drug-likeness (QED) is 0.867. The van der Waals surface area contributed by atoms with Gasteiger partial charge in [0, 0.05) is 42.0 Å². The standard InChI is InChI=1S/C15H24N2OS/c1-2-13-10-17(7-8-18-13)11-15-6-5-14(19-15)9-16-12-3-4-12/h5-6,12-13,16H,2-4,7-11H2,1H3. The van der Waals surface area contributed by atoms with Gasteiger partial charge in [-0.15, -0.1) is 11.3 Å². The maximum Gasteiger partial charge on any atom is 0.0700 e. The van der Waals surface area contributed by atoms with Gasteiger partial charge in [-0.3, -0.25) is 4.90 Å². The van der Waals surface area contributed by atoms with Gasteiger partial charge in [-0.05, 0) is 31.4 Å². The molecule has 4 heteroatoms. The van der Waals surface area contributed by atoms with Gasteiger partial charge in [0.1, 0.15) is 0 Å². The van der Waals surface area contributed by atoms with Crippen molar-refractivity contribution in [2.45, 2.75) is 51.4 Å². The Morgan fingerprint density at radius 1 is 1.37 bits per heavy atom. The van der Waals surface area contributed by atoms with E-state index in [1.54, 1.807) is 0 Å². The van der Waals surface area contributed by atoms with Crippen molar-refractivity contribution < 1.29 is 4.74 Å². The second-order valence-corrected chi connectivity index (χ2v) is 6.91. The van der Waals surface area contributed by atoms with Crippen LogP contribution in [0.2, 0.25) is 0 Å². The van der Waals surface area contributed by atoms with Crippen LogP contribution in [0.5, 0.6) is 0 Å². The van der Waals surface area contributed by atoms with E-state index in [2.05, 4.69) is 29.3 Å². The van der Waals surface area contributed by atoms with E-state index in [9.17, 15) is 0 Å². The van der Waals surface area contributed by atoms with E-state index in [4.69, 9.17) is 4.74 Å². The average molecular weight is 280 g/mol. The number of rotatable bonds is 6. The van der Waals surface area contributed by atoms with Crippen LogP contribution in [0, 0.1) is 0 Å². The van der Waals surface area contributed by atoms with Crippen LogP contribution in [0.4, 0.5) is 0 Å². The molecule has 0 bridgehead atoms. The van der Waals surface area contributed by atoms with Gasteiger partial charge < -0.3 is 10.1 Å². The van der Waals surface area contributed by atoms with E-state index < -0.39 is 0 Å². The first kappa shape index (κ1) is 13.6. The molecule has 1 atom stereocenters. The van der Waals surface area contributed by atoms with Gasteiger partial charge in [0.2, 0.25) is 0 Å². The monoisotopic (exact) mass is 280 g/mol. The summed E-state index contributed by atoms with van der Waals surface area (Å²) < 4.78 is 5.72. The first-order valence-electron chi connectivity index (χ1n) is 7.48. The number of nitrogens with one attached hydrogen (secondary N) is 1. The van der Waals surface area contributed by atoms with Gasteiger partial charge in [0.15, 0.2) is 0 Å². The molecule has 1 N–H and O–H groups in total. The molecular weight excluding hydrogens is 256 g/mol. The lowest BCUT2D eigenvalue weighted by Crippen LogP contribution is -2.41. The van der Waals surface area contributed by atoms with E-state index in [1.165, 1.54) is 22.6 Å². The summed E-state index contributed by atoms with van der Waals surface area (Å²) in [7, 11) is 0. The minimum Gasteiger partial charge on any atom is -0.376 e. The molecule has 0 aromatic carbocycles. The lowest BCUT2D eigenvalue weighted by atomic mass is 10.2. The Bertz CT molecular complexity index is 403. The van der Waals surface area contributed by atoms with E-state index >= 15 is 0 Å². The zero-order chi connectivity index (χ0) is 13.1. The van der Waals surface area contributed by atoms with Crippen molar-refractivity contribution in [2.24, 2.45) is 0 Å². The molecule has 0 amide bonds. The van der Waals surface area contributed by atoms with E-state index in [-0.39, 0.29) is 0 Å². The number of nitrogens with zero attached hydrogens (tertiary/aromatic N) is 1. The SMILES string of the molecule is CCC1CN(Cc2ccc(CNC3CC3)s2)CCO1. The average Bonchev–Trinajstić information content (AvgIpc) is 3.17. The van der Waals surface area contributed by atoms with Crippen molar-refractivity contribution in [3.63, 3.8) is 0 Å². The molecular formula is C15H24N2OS. The second kappa shape index (κ2) is 6.35. The Kier molecular flexibility index (Phi) is 4.53. The smallest absolute Gasteiger partial charge is 0.0700 e. The van der Waals surface area contributed by atoms with Crippen LogP contribution in [0.25, 0.3) is 0 Å². The predicted octanol–water partition coefficient (Wildman–Crippen LogP) is 2.61. The molecule has 1 aromatic rings. The number of morpholine rings is 1. The van der Waals surface area contributed by atoms with Crippen LogP contribution in [0.3, 0.4) is 0 Å². The third kappa shape index (κ3) is 4.02. The van der Waals surface area contributed by atoms with Crippen molar-refractivity contribution in [3.8, 4) is 0 Å². The van der Waals surface area contributed by atoms with E-state index in [1.807, 2.05) is 11.3 Å². The number of thiophene rings is 1. The number of hydrogen-bond acceptors (Lipinski definition) is 4. The van der Waals surface area contributed by atoms with Gasteiger partial charge in [0.25, 0.3) is 0 Å². The molecule has 2 fully saturated rings. The molecule has 19 heavy (non-hydrogen) atoms. The maximum absolute atomic E-state index is 5.72. The summed E-state index contributed by atoms with van der Waals surface area (Å²) in [5.41, 5.74) is 0. The summed E-state index contributed by atoms with van der Waals surface area (Å²) in [6.45, 7) is 7.40. The van der Waals surface area contributed by atoms with Crippen molar-refractivity contribution >= 4 is 11.3 Å². The van der Waals surface area contributed by atoms with Crippen LogP contribution in [0.1, 0.15) is 35.9 Å².